The van der Waals surface area contributed by atoms with Crippen molar-refractivity contribution in [3.63, 3.8) is 0 Å². The van der Waals surface area contributed by atoms with Crippen molar-refractivity contribution in [3.05, 3.63) is 23.2 Å². The van der Waals surface area contributed by atoms with Gasteiger partial charge in [-0.05, 0) is 38.0 Å². The maximum absolute atomic E-state index is 12.6. The van der Waals surface area contributed by atoms with Gasteiger partial charge in [-0.25, -0.2) is 8.42 Å². The smallest absolute Gasteiger partial charge is 0.244 e. The van der Waals surface area contributed by atoms with E-state index in [1.54, 1.807) is 6.07 Å². The molecule has 0 atom stereocenters. The molecule has 8 heteroatoms. The van der Waals surface area contributed by atoms with Gasteiger partial charge in [0, 0.05) is 25.4 Å². The van der Waals surface area contributed by atoms with Gasteiger partial charge in [0.05, 0.1) is 18.1 Å². The van der Waals surface area contributed by atoms with E-state index in [9.17, 15) is 13.2 Å². The highest BCUT2D eigenvalue weighted by atomic mass is 35.5. The number of anilines is 1. The number of sulfonamides is 1. The van der Waals surface area contributed by atoms with Crippen LogP contribution >= 0.6 is 11.6 Å². The average molecular weight is 361 g/mol. The number of rotatable bonds is 7. The molecule has 1 aromatic carbocycles. The minimum absolute atomic E-state index is 0.0312. The quantitative estimate of drug-likeness (QED) is 0.758. The van der Waals surface area contributed by atoms with Gasteiger partial charge in [-0.3, -0.25) is 4.79 Å². The maximum atomic E-state index is 12.6. The summed E-state index contributed by atoms with van der Waals surface area (Å²) in [6.45, 7) is 3.74. The van der Waals surface area contributed by atoms with E-state index < -0.39 is 10.0 Å². The molecule has 0 radical (unpaired) electrons. The van der Waals surface area contributed by atoms with Crippen LogP contribution in [0.2, 0.25) is 5.02 Å². The number of carbonyl (C=O) groups excluding carboxylic acids is 1. The molecule has 1 aliphatic rings. The molecule has 1 heterocycles. The number of hydrogen-bond acceptors (Lipinski definition) is 4. The summed E-state index contributed by atoms with van der Waals surface area (Å²) in [4.78, 5) is 11.8. The van der Waals surface area contributed by atoms with Gasteiger partial charge in [0.1, 0.15) is 4.90 Å². The molecule has 0 bridgehead atoms. The second kappa shape index (κ2) is 8.10. The van der Waals surface area contributed by atoms with Gasteiger partial charge in [0.25, 0.3) is 0 Å². The zero-order chi connectivity index (χ0) is 16.9. The molecule has 1 fully saturated rings. The van der Waals surface area contributed by atoms with E-state index in [0.717, 1.165) is 12.8 Å². The molecule has 1 amide bonds. The lowest BCUT2D eigenvalue weighted by Crippen LogP contribution is -2.28. The Morgan fingerprint density at radius 3 is 2.70 bits per heavy atom. The van der Waals surface area contributed by atoms with Gasteiger partial charge in [-0.15, -0.1) is 0 Å². The van der Waals surface area contributed by atoms with Crippen molar-refractivity contribution in [1.82, 2.24) is 4.31 Å². The number of ether oxygens (including phenoxy) is 1. The summed E-state index contributed by atoms with van der Waals surface area (Å²) >= 11 is 6.06. The highest BCUT2D eigenvalue weighted by molar-refractivity contribution is 7.89. The van der Waals surface area contributed by atoms with Crippen LogP contribution in [0.15, 0.2) is 23.1 Å². The van der Waals surface area contributed by atoms with Crippen molar-refractivity contribution in [2.45, 2.75) is 31.1 Å². The number of amides is 1. The van der Waals surface area contributed by atoms with Gasteiger partial charge in [-0.1, -0.05) is 11.6 Å². The highest BCUT2D eigenvalue weighted by Gasteiger charge is 2.29. The van der Waals surface area contributed by atoms with Gasteiger partial charge < -0.3 is 10.1 Å². The number of hydrogen-bond donors (Lipinski definition) is 1. The molecule has 1 N–H and O–H groups in total. The molecule has 6 nitrogen and oxygen atoms in total. The first kappa shape index (κ1) is 18.2. The first-order chi connectivity index (χ1) is 10.9. The Hall–Kier alpha value is -1.15. The molecule has 23 heavy (non-hydrogen) atoms. The molecule has 1 aliphatic heterocycles. The van der Waals surface area contributed by atoms with Crippen molar-refractivity contribution in [3.8, 4) is 0 Å². The Labute approximate surface area is 141 Å². The molecule has 1 saturated heterocycles. The monoisotopic (exact) mass is 360 g/mol. The van der Waals surface area contributed by atoms with E-state index in [-0.39, 0.29) is 22.2 Å². The third kappa shape index (κ3) is 4.67. The van der Waals surface area contributed by atoms with E-state index in [4.69, 9.17) is 16.3 Å². The van der Waals surface area contributed by atoms with Crippen LogP contribution in [-0.2, 0) is 19.6 Å². The van der Waals surface area contributed by atoms with Crippen LogP contribution in [0, 0.1) is 0 Å². The van der Waals surface area contributed by atoms with Gasteiger partial charge in [0.2, 0.25) is 15.9 Å². The Morgan fingerprint density at radius 1 is 1.35 bits per heavy atom. The normalized spacial score (nSPS) is 15.7. The summed E-state index contributed by atoms with van der Waals surface area (Å²) < 4.78 is 31.8. The largest absolute Gasteiger partial charge is 0.381 e. The molecular formula is C15H21ClN2O4S. The minimum Gasteiger partial charge on any atom is -0.381 e. The van der Waals surface area contributed by atoms with Crippen LogP contribution in [-0.4, -0.2) is 44.9 Å². The van der Waals surface area contributed by atoms with Crippen LogP contribution < -0.4 is 5.32 Å². The predicted molar refractivity (Wildman–Crippen MR) is 89.2 cm³/mol. The first-order valence-corrected chi connectivity index (χ1v) is 9.44. The second-order valence-electron chi connectivity index (χ2n) is 5.25. The predicted octanol–water partition coefficient (Wildman–Crippen LogP) is 2.49. The van der Waals surface area contributed by atoms with Crippen molar-refractivity contribution >= 4 is 33.2 Å². The van der Waals surface area contributed by atoms with Crippen LogP contribution in [0.1, 0.15) is 26.2 Å². The summed E-state index contributed by atoms with van der Waals surface area (Å²) in [5.41, 5.74) is 0.411. The van der Waals surface area contributed by atoms with E-state index in [1.165, 1.54) is 16.4 Å². The number of benzene rings is 1. The minimum atomic E-state index is -3.62. The Morgan fingerprint density at radius 2 is 2.04 bits per heavy atom. The van der Waals surface area contributed by atoms with Crippen molar-refractivity contribution in [2.24, 2.45) is 0 Å². The van der Waals surface area contributed by atoms with Crippen molar-refractivity contribution in [1.29, 1.82) is 0 Å². The SMILES string of the molecule is CCOCCC(=O)Nc1ccc(Cl)c(S(=O)(=O)N2CCCC2)c1. The lowest BCUT2D eigenvalue weighted by Gasteiger charge is -2.17. The molecule has 0 spiro atoms. The molecule has 128 valence electrons. The standard InChI is InChI=1S/C15H21ClN2O4S/c1-2-22-10-7-15(19)17-12-5-6-13(16)14(11-12)23(20,21)18-8-3-4-9-18/h5-6,11H,2-4,7-10H2,1H3,(H,17,19). The Kier molecular flexibility index (Phi) is 6.41. The number of halogens is 1. The number of nitrogens with one attached hydrogen (secondary N) is 1. The Balaban J connectivity index is 2.14. The summed E-state index contributed by atoms with van der Waals surface area (Å²) in [5, 5.41) is 2.83. The van der Waals surface area contributed by atoms with Gasteiger partial charge >= 0.3 is 0 Å². The van der Waals surface area contributed by atoms with Crippen LogP contribution in [0.25, 0.3) is 0 Å². The van der Waals surface area contributed by atoms with E-state index in [2.05, 4.69) is 5.32 Å². The lowest BCUT2D eigenvalue weighted by atomic mass is 10.3. The van der Waals surface area contributed by atoms with Crippen LogP contribution in [0.5, 0.6) is 0 Å². The summed E-state index contributed by atoms with van der Waals surface area (Å²) in [6, 6.07) is 4.49. The fraction of sp³-hybridized carbons (Fsp3) is 0.533. The molecule has 2 rings (SSSR count). The second-order valence-corrected chi connectivity index (χ2v) is 7.57. The summed E-state index contributed by atoms with van der Waals surface area (Å²) in [5.74, 6) is -0.231. The fourth-order valence-electron chi connectivity index (χ4n) is 2.38. The van der Waals surface area contributed by atoms with Crippen molar-refractivity contribution in [2.75, 3.05) is 31.6 Å². The summed E-state index contributed by atoms with van der Waals surface area (Å²) in [7, 11) is -3.62. The molecule has 1 aromatic rings. The summed E-state index contributed by atoms with van der Waals surface area (Å²) in [6.07, 6.45) is 1.92. The van der Waals surface area contributed by atoms with E-state index >= 15 is 0 Å². The van der Waals surface area contributed by atoms with Crippen LogP contribution in [0.4, 0.5) is 5.69 Å². The zero-order valence-corrected chi connectivity index (χ0v) is 14.6. The van der Waals surface area contributed by atoms with E-state index in [0.29, 0.717) is 32.0 Å². The van der Waals surface area contributed by atoms with Gasteiger partial charge in [0.15, 0.2) is 0 Å². The fourth-order valence-corrected chi connectivity index (χ4v) is 4.40. The third-order valence-electron chi connectivity index (χ3n) is 3.58. The van der Waals surface area contributed by atoms with Crippen molar-refractivity contribution < 1.29 is 17.9 Å². The van der Waals surface area contributed by atoms with E-state index in [1.807, 2.05) is 6.92 Å². The molecular weight excluding hydrogens is 340 g/mol. The molecule has 0 aromatic heterocycles. The molecule has 0 unspecified atom stereocenters. The molecule has 0 saturated carbocycles. The highest BCUT2D eigenvalue weighted by Crippen LogP contribution is 2.29. The number of carbonyl (C=O) groups is 1. The number of nitrogens with zero attached hydrogens (tertiary/aromatic N) is 1. The topological polar surface area (TPSA) is 75.7 Å². The lowest BCUT2D eigenvalue weighted by molar-refractivity contribution is -0.117. The third-order valence-corrected chi connectivity index (χ3v) is 5.96. The first-order valence-electron chi connectivity index (χ1n) is 7.62. The zero-order valence-electron chi connectivity index (χ0n) is 13.0. The van der Waals surface area contributed by atoms with Gasteiger partial charge in [-0.2, -0.15) is 4.31 Å². The maximum Gasteiger partial charge on any atom is 0.244 e. The van der Waals surface area contributed by atoms with Crippen LogP contribution in [0.3, 0.4) is 0 Å². The molecule has 0 aliphatic carbocycles. The Bertz CT molecular complexity index is 657. The average Bonchev–Trinajstić information content (AvgIpc) is 3.04.